The Morgan fingerprint density at radius 2 is 1.94 bits per heavy atom. The summed E-state index contributed by atoms with van der Waals surface area (Å²) in [5.41, 5.74) is 0.639. The Morgan fingerprint density at radius 3 is 2.44 bits per heavy atom. The van der Waals surface area contributed by atoms with E-state index in [2.05, 4.69) is 0 Å². The van der Waals surface area contributed by atoms with Gasteiger partial charge in [-0.3, -0.25) is 9.59 Å². The van der Waals surface area contributed by atoms with Crippen LogP contribution in [0.1, 0.15) is 23.7 Å². The number of hydrogen-bond acceptors (Lipinski definition) is 3. The van der Waals surface area contributed by atoms with Gasteiger partial charge in [0.25, 0.3) is 5.91 Å². The molecule has 96 valence electrons. The lowest BCUT2D eigenvalue weighted by atomic mass is 10.1. The largest absolute Gasteiger partial charge is 0.497 e. The molecular weight excluding hydrogens is 230 g/mol. The first kappa shape index (κ1) is 12.6. The van der Waals surface area contributed by atoms with Gasteiger partial charge in [0.2, 0.25) is 0 Å². The topological polar surface area (TPSA) is 46.6 Å². The smallest absolute Gasteiger partial charge is 0.253 e. The Bertz CT molecular complexity index is 453. The molecule has 1 aromatic carbocycles. The number of amides is 1. The number of rotatable bonds is 3. The van der Waals surface area contributed by atoms with Crippen molar-refractivity contribution in [1.29, 1.82) is 0 Å². The molecule has 18 heavy (non-hydrogen) atoms. The summed E-state index contributed by atoms with van der Waals surface area (Å²) in [6.07, 6.45) is 0.775. The van der Waals surface area contributed by atoms with Crippen LogP contribution in [0.2, 0.25) is 0 Å². The lowest BCUT2D eigenvalue weighted by Gasteiger charge is -2.16. The first-order valence-electron chi connectivity index (χ1n) is 6.05. The lowest BCUT2D eigenvalue weighted by molar-refractivity contribution is -0.120. The normalized spacial score (nSPS) is 18.8. The summed E-state index contributed by atoms with van der Waals surface area (Å²) < 4.78 is 5.05. The van der Waals surface area contributed by atoms with Crippen molar-refractivity contribution in [3.8, 4) is 5.75 Å². The predicted molar refractivity (Wildman–Crippen MR) is 67.7 cm³/mol. The molecule has 1 aliphatic rings. The highest BCUT2D eigenvalue weighted by molar-refractivity contribution is 5.95. The SMILES string of the molecule is COc1ccc(C(=O)N2CCC(C(C)=O)C2)cc1. The fourth-order valence-electron chi connectivity index (χ4n) is 2.19. The molecule has 0 radical (unpaired) electrons. The summed E-state index contributed by atoms with van der Waals surface area (Å²) in [4.78, 5) is 25.2. The fraction of sp³-hybridized carbons (Fsp3) is 0.429. The zero-order valence-corrected chi connectivity index (χ0v) is 10.7. The summed E-state index contributed by atoms with van der Waals surface area (Å²) in [6.45, 7) is 2.79. The van der Waals surface area contributed by atoms with Crippen molar-refractivity contribution in [2.75, 3.05) is 20.2 Å². The minimum absolute atomic E-state index is 0.00667. The molecule has 1 aliphatic heterocycles. The van der Waals surface area contributed by atoms with E-state index >= 15 is 0 Å². The van der Waals surface area contributed by atoms with Crippen molar-refractivity contribution < 1.29 is 14.3 Å². The number of ketones is 1. The number of hydrogen-bond donors (Lipinski definition) is 0. The standard InChI is InChI=1S/C14H17NO3/c1-10(16)12-7-8-15(9-12)14(17)11-3-5-13(18-2)6-4-11/h3-6,12H,7-9H2,1-2H3. The van der Waals surface area contributed by atoms with E-state index in [-0.39, 0.29) is 17.6 Å². The van der Waals surface area contributed by atoms with Crippen molar-refractivity contribution in [2.45, 2.75) is 13.3 Å². The van der Waals surface area contributed by atoms with E-state index in [1.54, 1.807) is 43.2 Å². The molecule has 1 unspecified atom stereocenters. The maximum atomic E-state index is 12.2. The number of Topliss-reactive ketones (excluding diaryl/α,β-unsaturated/α-hetero) is 1. The van der Waals surface area contributed by atoms with Crippen LogP contribution in [0.5, 0.6) is 5.75 Å². The highest BCUT2D eigenvalue weighted by atomic mass is 16.5. The second kappa shape index (κ2) is 5.21. The van der Waals surface area contributed by atoms with Crippen LogP contribution in [-0.4, -0.2) is 36.8 Å². The lowest BCUT2D eigenvalue weighted by Crippen LogP contribution is -2.29. The third-order valence-corrected chi connectivity index (χ3v) is 3.39. The molecule has 1 saturated heterocycles. The highest BCUT2D eigenvalue weighted by Gasteiger charge is 2.29. The molecule has 0 N–H and O–H groups in total. The second-order valence-corrected chi connectivity index (χ2v) is 4.58. The third kappa shape index (κ3) is 2.53. The Balaban J connectivity index is 2.05. The third-order valence-electron chi connectivity index (χ3n) is 3.39. The van der Waals surface area contributed by atoms with Crippen molar-refractivity contribution >= 4 is 11.7 Å². The Kier molecular flexibility index (Phi) is 3.65. The Labute approximate surface area is 107 Å². The van der Waals surface area contributed by atoms with Crippen LogP contribution in [0.3, 0.4) is 0 Å². The van der Waals surface area contributed by atoms with Crippen LogP contribution in [0, 0.1) is 5.92 Å². The van der Waals surface area contributed by atoms with Crippen molar-refractivity contribution in [1.82, 2.24) is 4.90 Å². The maximum Gasteiger partial charge on any atom is 0.253 e. The van der Waals surface area contributed by atoms with Crippen molar-refractivity contribution in [2.24, 2.45) is 5.92 Å². The average Bonchev–Trinajstić information content (AvgIpc) is 2.88. The summed E-state index contributed by atoms with van der Waals surface area (Å²) in [7, 11) is 1.59. The van der Waals surface area contributed by atoms with Gasteiger partial charge in [0, 0.05) is 24.6 Å². The Morgan fingerprint density at radius 1 is 1.28 bits per heavy atom. The van der Waals surface area contributed by atoms with Gasteiger partial charge in [0.1, 0.15) is 11.5 Å². The molecule has 0 saturated carbocycles. The molecule has 1 aromatic rings. The van der Waals surface area contributed by atoms with Crippen molar-refractivity contribution in [3.05, 3.63) is 29.8 Å². The van der Waals surface area contributed by atoms with Crippen LogP contribution in [-0.2, 0) is 4.79 Å². The minimum atomic E-state index is -0.0126. The molecule has 2 rings (SSSR count). The predicted octanol–water partition coefficient (Wildman–Crippen LogP) is 1.75. The van der Waals surface area contributed by atoms with Gasteiger partial charge in [-0.15, -0.1) is 0 Å². The van der Waals surface area contributed by atoms with Crippen LogP contribution in [0.15, 0.2) is 24.3 Å². The van der Waals surface area contributed by atoms with Gasteiger partial charge in [-0.25, -0.2) is 0 Å². The second-order valence-electron chi connectivity index (χ2n) is 4.58. The van der Waals surface area contributed by atoms with Gasteiger partial charge in [0.05, 0.1) is 7.11 Å². The molecule has 0 aliphatic carbocycles. The Hall–Kier alpha value is -1.84. The molecule has 1 heterocycles. The maximum absolute atomic E-state index is 12.2. The average molecular weight is 247 g/mol. The van der Waals surface area contributed by atoms with Crippen LogP contribution < -0.4 is 4.74 Å². The molecule has 4 nitrogen and oxygen atoms in total. The summed E-state index contributed by atoms with van der Waals surface area (Å²) in [5, 5.41) is 0. The number of benzene rings is 1. The van der Waals surface area contributed by atoms with E-state index in [1.807, 2.05) is 0 Å². The molecular formula is C14H17NO3. The number of methoxy groups -OCH3 is 1. The van der Waals surface area contributed by atoms with Gasteiger partial charge in [-0.2, -0.15) is 0 Å². The molecule has 0 aromatic heterocycles. The van der Waals surface area contributed by atoms with E-state index in [0.29, 0.717) is 18.7 Å². The van der Waals surface area contributed by atoms with E-state index in [9.17, 15) is 9.59 Å². The molecule has 0 bridgehead atoms. The number of ether oxygens (including phenoxy) is 1. The van der Waals surface area contributed by atoms with Gasteiger partial charge in [-0.05, 0) is 37.6 Å². The summed E-state index contributed by atoms with van der Waals surface area (Å²) in [6, 6.07) is 7.04. The van der Waals surface area contributed by atoms with Gasteiger partial charge < -0.3 is 9.64 Å². The molecule has 1 atom stereocenters. The first-order chi connectivity index (χ1) is 8.61. The number of nitrogens with zero attached hydrogens (tertiary/aromatic N) is 1. The van der Waals surface area contributed by atoms with E-state index in [0.717, 1.165) is 12.2 Å². The number of carbonyl (C=O) groups excluding carboxylic acids is 2. The van der Waals surface area contributed by atoms with Crippen LogP contribution in [0.25, 0.3) is 0 Å². The zero-order chi connectivity index (χ0) is 13.1. The number of likely N-dealkylation sites (tertiary alicyclic amines) is 1. The van der Waals surface area contributed by atoms with E-state index in [4.69, 9.17) is 4.74 Å². The molecule has 0 spiro atoms. The summed E-state index contributed by atoms with van der Waals surface area (Å²) in [5.74, 6) is 0.892. The van der Waals surface area contributed by atoms with Crippen LogP contribution in [0.4, 0.5) is 0 Å². The minimum Gasteiger partial charge on any atom is -0.497 e. The first-order valence-corrected chi connectivity index (χ1v) is 6.05. The quantitative estimate of drug-likeness (QED) is 0.817. The highest BCUT2D eigenvalue weighted by Crippen LogP contribution is 2.20. The molecule has 4 heteroatoms. The van der Waals surface area contributed by atoms with E-state index in [1.165, 1.54) is 0 Å². The van der Waals surface area contributed by atoms with Gasteiger partial charge in [-0.1, -0.05) is 0 Å². The zero-order valence-electron chi connectivity index (χ0n) is 10.7. The summed E-state index contributed by atoms with van der Waals surface area (Å²) >= 11 is 0. The fourth-order valence-corrected chi connectivity index (χ4v) is 2.19. The van der Waals surface area contributed by atoms with Crippen molar-refractivity contribution in [3.63, 3.8) is 0 Å². The van der Waals surface area contributed by atoms with Gasteiger partial charge in [0.15, 0.2) is 0 Å². The van der Waals surface area contributed by atoms with E-state index < -0.39 is 0 Å². The van der Waals surface area contributed by atoms with Crippen LogP contribution >= 0.6 is 0 Å². The number of carbonyl (C=O) groups is 2. The van der Waals surface area contributed by atoms with Gasteiger partial charge >= 0.3 is 0 Å². The molecule has 1 fully saturated rings. The molecule has 1 amide bonds. The monoisotopic (exact) mass is 247 g/mol.